The zero-order valence-electron chi connectivity index (χ0n) is 9.14. The lowest BCUT2D eigenvalue weighted by molar-refractivity contribution is 0.304. The molecule has 0 aromatic heterocycles. The van der Waals surface area contributed by atoms with Crippen molar-refractivity contribution in [3.8, 4) is 0 Å². The molecule has 1 aromatic carbocycles. The second-order valence-electron chi connectivity index (χ2n) is 4.22. The molecule has 0 N–H and O–H groups in total. The van der Waals surface area contributed by atoms with Gasteiger partial charge < -0.3 is 4.90 Å². The molecule has 1 aromatic rings. The van der Waals surface area contributed by atoms with E-state index in [0.717, 1.165) is 12.8 Å². The molecule has 3 nitrogen and oxygen atoms in total. The van der Waals surface area contributed by atoms with E-state index in [9.17, 15) is 0 Å². The van der Waals surface area contributed by atoms with Crippen LogP contribution in [0.25, 0.3) is 0 Å². The van der Waals surface area contributed by atoms with Gasteiger partial charge in [-0.1, -0.05) is 18.2 Å². The number of benzene rings is 1. The maximum atomic E-state index is 4.57. The molecule has 3 heteroatoms. The van der Waals surface area contributed by atoms with Crippen LogP contribution < -0.4 is 4.90 Å². The lowest BCUT2D eigenvalue weighted by Crippen LogP contribution is -2.41. The van der Waals surface area contributed by atoms with Crippen molar-refractivity contribution in [1.29, 1.82) is 0 Å². The summed E-state index contributed by atoms with van der Waals surface area (Å²) in [5.74, 6) is 1.21. The minimum absolute atomic E-state index is 0.349. The zero-order chi connectivity index (χ0) is 10.4. The highest BCUT2D eigenvalue weighted by atomic mass is 15.6. The molecular weight excluding hydrogens is 186 g/mol. The smallest absolute Gasteiger partial charge is 0.131 e. The number of nitrogens with zero attached hydrogens (tertiary/aromatic N) is 3. The molecule has 2 aliphatic heterocycles. The lowest BCUT2D eigenvalue weighted by Gasteiger charge is -2.32. The molecule has 0 spiro atoms. The van der Waals surface area contributed by atoms with E-state index in [1.54, 1.807) is 0 Å². The van der Waals surface area contributed by atoms with Crippen LogP contribution in [0.3, 0.4) is 0 Å². The molecule has 0 aliphatic carbocycles. The van der Waals surface area contributed by atoms with Crippen molar-refractivity contribution in [2.45, 2.75) is 25.9 Å². The van der Waals surface area contributed by atoms with Gasteiger partial charge in [-0.2, -0.15) is 5.10 Å². The Balaban J connectivity index is 2.10. The van der Waals surface area contributed by atoms with E-state index < -0.39 is 0 Å². The van der Waals surface area contributed by atoms with Gasteiger partial charge in [0.15, 0.2) is 0 Å². The molecule has 78 valence electrons. The summed E-state index contributed by atoms with van der Waals surface area (Å²) in [6.07, 6.45) is 2.53. The third-order valence-electron chi connectivity index (χ3n) is 3.33. The molecule has 3 rings (SSSR count). The van der Waals surface area contributed by atoms with Crippen LogP contribution in [-0.2, 0) is 6.42 Å². The molecule has 2 aliphatic rings. The first-order chi connectivity index (χ1) is 7.27. The SMILES string of the molecule is C[C@H]1N(C)N=C2CCc3ccccc3N21. The van der Waals surface area contributed by atoms with E-state index in [1.807, 2.05) is 12.1 Å². The molecule has 0 saturated heterocycles. The van der Waals surface area contributed by atoms with E-state index in [0.29, 0.717) is 6.17 Å². The van der Waals surface area contributed by atoms with E-state index in [2.05, 4.69) is 41.2 Å². The van der Waals surface area contributed by atoms with Crippen LogP contribution in [-0.4, -0.2) is 24.1 Å². The van der Waals surface area contributed by atoms with Crippen molar-refractivity contribution in [3.05, 3.63) is 29.8 Å². The first-order valence-electron chi connectivity index (χ1n) is 5.45. The number of aryl methyl sites for hydroxylation is 1. The Bertz CT molecular complexity index is 425. The Morgan fingerprint density at radius 3 is 2.93 bits per heavy atom. The fraction of sp³-hybridized carbons (Fsp3) is 0.417. The van der Waals surface area contributed by atoms with E-state index >= 15 is 0 Å². The molecule has 0 bridgehead atoms. The lowest BCUT2D eigenvalue weighted by atomic mass is 10.0. The fourth-order valence-corrected chi connectivity index (χ4v) is 2.41. The zero-order valence-corrected chi connectivity index (χ0v) is 9.14. The van der Waals surface area contributed by atoms with Crippen molar-refractivity contribution < 1.29 is 0 Å². The summed E-state index contributed by atoms with van der Waals surface area (Å²) in [6.45, 7) is 2.19. The molecule has 0 amide bonds. The maximum absolute atomic E-state index is 4.57. The van der Waals surface area contributed by atoms with Crippen LogP contribution in [0.1, 0.15) is 18.9 Å². The van der Waals surface area contributed by atoms with Crippen molar-refractivity contribution in [2.75, 3.05) is 11.9 Å². The van der Waals surface area contributed by atoms with Crippen LogP contribution in [0, 0.1) is 0 Å². The molecule has 2 heterocycles. The van der Waals surface area contributed by atoms with Gasteiger partial charge in [-0.05, 0) is 25.0 Å². The van der Waals surface area contributed by atoms with Gasteiger partial charge in [0, 0.05) is 19.2 Å². The number of hydrogen-bond acceptors (Lipinski definition) is 3. The Morgan fingerprint density at radius 1 is 1.27 bits per heavy atom. The first kappa shape index (κ1) is 8.77. The fourth-order valence-electron chi connectivity index (χ4n) is 2.41. The second kappa shape index (κ2) is 2.99. The molecular formula is C12H15N3. The molecule has 0 fully saturated rings. The predicted octanol–water partition coefficient (Wildman–Crippen LogP) is 2.04. The van der Waals surface area contributed by atoms with Crippen LogP contribution in [0.15, 0.2) is 29.4 Å². The highest BCUT2D eigenvalue weighted by Gasteiger charge is 2.33. The van der Waals surface area contributed by atoms with Gasteiger partial charge in [-0.3, -0.25) is 5.01 Å². The summed E-state index contributed by atoms with van der Waals surface area (Å²) in [5.41, 5.74) is 2.78. The standard InChI is InChI=1S/C12H15N3/c1-9-14(2)13-12-8-7-10-5-3-4-6-11(10)15(9)12/h3-6,9H,7-8H2,1-2H3/t9-/m0/s1. The summed E-state index contributed by atoms with van der Waals surface area (Å²) in [6, 6.07) is 8.63. The van der Waals surface area contributed by atoms with E-state index in [4.69, 9.17) is 0 Å². The summed E-state index contributed by atoms with van der Waals surface area (Å²) in [7, 11) is 2.04. The van der Waals surface area contributed by atoms with Crippen LogP contribution >= 0.6 is 0 Å². The van der Waals surface area contributed by atoms with Crippen LogP contribution in [0.2, 0.25) is 0 Å². The minimum atomic E-state index is 0.349. The number of rotatable bonds is 0. The highest BCUT2D eigenvalue weighted by Crippen LogP contribution is 2.33. The second-order valence-corrected chi connectivity index (χ2v) is 4.22. The summed E-state index contributed by atoms with van der Waals surface area (Å²) in [4.78, 5) is 2.35. The maximum Gasteiger partial charge on any atom is 0.131 e. The summed E-state index contributed by atoms with van der Waals surface area (Å²) >= 11 is 0. The van der Waals surface area contributed by atoms with Gasteiger partial charge in [0.1, 0.15) is 12.0 Å². The van der Waals surface area contributed by atoms with Crippen molar-refractivity contribution >= 4 is 11.5 Å². The van der Waals surface area contributed by atoms with E-state index in [1.165, 1.54) is 17.1 Å². The van der Waals surface area contributed by atoms with Gasteiger partial charge >= 0.3 is 0 Å². The highest BCUT2D eigenvalue weighted by molar-refractivity contribution is 6.01. The summed E-state index contributed by atoms with van der Waals surface area (Å²) in [5, 5.41) is 6.61. The van der Waals surface area contributed by atoms with Crippen molar-refractivity contribution in [3.63, 3.8) is 0 Å². The van der Waals surface area contributed by atoms with Gasteiger partial charge in [0.2, 0.25) is 0 Å². The number of hydrazone groups is 1. The molecule has 0 unspecified atom stereocenters. The van der Waals surface area contributed by atoms with Gasteiger partial charge in [0.05, 0.1) is 0 Å². The minimum Gasteiger partial charge on any atom is -0.306 e. The largest absolute Gasteiger partial charge is 0.306 e. The molecule has 0 saturated carbocycles. The third-order valence-corrected chi connectivity index (χ3v) is 3.33. The number of hydrogen-bond donors (Lipinski definition) is 0. The topological polar surface area (TPSA) is 18.8 Å². The molecule has 1 atom stereocenters. The Labute approximate surface area is 90.0 Å². The number of anilines is 1. The Morgan fingerprint density at radius 2 is 2.07 bits per heavy atom. The quantitative estimate of drug-likeness (QED) is 0.639. The Kier molecular flexibility index (Phi) is 1.75. The molecule has 0 radical (unpaired) electrons. The van der Waals surface area contributed by atoms with Gasteiger partial charge in [-0.15, -0.1) is 0 Å². The van der Waals surface area contributed by atoms with E-state index in [-0.39, 0.29) is 0 Å². The normalized spacial score (nSPS) is 23.6. The predicted molar refractivity (Wildman–Crippen MR) is 61.9 cm³/mol. The van der Waals surface area contributed by atoms with Crippen LogP contribution in [0.4, 0.5) is 5.69 Å². The van der Waals surface area contributed by atoms with Crippen molar-refractivity contribution in [1.82, 2.24) is 5.01 Å². The van der Waals surface area contributed by atoms with Gasteiger partial charge in [-0.25, -0.2) is 0 Å². The molecule has 15 heavy (non-hydrogen) atoms. The summed E-state index contributed by atoms with van der Waals surface area (Å²) < 4.78 is 0. The van der Waals surface area contributed by atoms with Gasteiger partial charge in [0.25, 0.3) is 0 Å². The first-order valence-corrected chi connectivity index (χ1v) is 5.45. The average molecular weight is 201 g/mol. The average Bonchev–Trinajstić information content (AvgIpc) is 2.55. The number of amidine groups is 1. The Hall–Kier alpha value is -1.51. The van der Waals surface area contributed by atoms with Crippen LogP contribution in [0.5, 0.6) is 0 Å². The number of para-hydroxylation sites is 1. The van der Waals surface area contributed by atoms with Crippen molar-refractivity contribution in [2.24, 2.45) is 5.10 Å². The number of fused-ring (bicyclic) bond motifs is 3. The third kappa shape index (κ3) is 1.16. The monoisotopic (exact) mass is 201 g/mol.